The molecule has 41 heavy (non-hydrogen) atoms. The first-order valence-corrected chi connectivity index (χ1v) is 16.4. The van der Waals surface area contributed by atoms with Gasteiger partial charge in [-0.15, -0.1) is 0 Å². The number of hydrogen-bond acceptors (Lipinski definition) is 2. The van der Waals surface area contributed by atoms with Crippen LogP contribution in [0.4, 0.5) is 0 Å². The predicted octanol–water partition coefficient (Wildman–Crippen LogP) is 11.4. The average Bonchev–Trinajstić information content (AvgIpc) is 3.04. The molecule has 1 aliphatic carbocycles. The Morgan fingerprint density at radius 2 is 1.39 bits per heavy atom. The lowest BCUT2D eigenvalue weighted by Crippen LogP contribution is -2.39. The molecule has 0 unspecified atom stereocenters. The standard InChI is InChI=1S/C30H37NO.C5H12.C4H10/c1-3-4-19-30(27-11-8-12-29(22-27)32-2)20-17-28(18-21-30)31-23-24-13-15-26(16-14-24)25-9-6-5-7-10-25;1-4-5(2)3;1-3-4-2/h5-16,22,28,31H,3-4,17-21,23H2,1-2H3;5H,4H2,1-3H3;3-4H2,1-2H3. The second kappa shape index (κ2) is 19.5. The molecule has 1 aliphatic rings. The Morgan fingerprint density at radius 3 is 1.93 bits per heavy atom. The van der Waals surface area contributed by atoms with Crippen molar-refractivity contribution in [3.63, 3.8) is 0 Å². The Kier molecular flexibility index (Phi) is 16.5. The van der Waals surface area contributed by atoms with Gasteiger partial charge in [0.2, 0.25) is 0 Å². The molecule has 0 radical (unpaired) electrons. The quantitative estimate of drug-likeness (QED) is 0.253. The minimum Gasteiger partial charge on any atom is -0.497 e. The van der Waals surface area contributed by atoms with E-state index >= 15 is 0 Å². The summed E-state index contributed by atoms with van der Waals surface area (Å²) in [5.41, 5.74) is 5.70. The normalized spacial score (nSPS) is 18.1. The molecule has 1 fully saturated rings. The zero-order valence-corrected chi connectivity index (χ0v) is 27.3. The van der Waals surface area contributed by atoms with Crippen molar-refractivity contribution in [3.8, 4) is 16.9 Å². The van der Waals surface area contributed by atoms with Gasteiger partial charge in [-0.3, -0.25) is 0 Å². The van der Waals surface area contributed by atoms with Crippen LogP contribution >= 0.6 is 0 Å². The maximum Gasteiger partial charge on any atom is 0.119 e. The van der Waals surface area contributed by atoms with Crippen LogP contribution in [0.15, 0.2) is 78.9 Å². The molecule has 2 heteroatoms. The highest BCUT2D eigenvalue weighted by Gasteiger charge is 2.36. The van der Waals surface area contributed by atoms with E-state index in [0.29, 0.717) is 11.5 Å². The molecule has 0 spiro atoms. The molecule has 1 saturated carbocycles. The van der Waals surface area contributed by atoms with Crippen molar-refractivity contribution in [1.82, 2.24) is 5.32 Å². The maximum atomic E-state index is 5.53. The van der Waals surface area contributed by atoms with Crippen LogP contribution in [0.25, 0.3) is 11.1 Å². The summed E-state index contributed by atoms with van der Waals surface area (Å²) >= 11 is 0. The van der Waals surface area contributed by atoms with E-state index in [2.05, 4.69) is 126 Å². The van der Waals surface area contributed by atoms with Crippen LogP contribution in [0.3, 0.4) is 0 Å². The van der Waals surface area contributed by atoms with Crippen molar-refractivity contribution in [2.24, 2.45) is 5.92 Å². The van der Waals surface area contributed by atoms with Crippen molar-refractivity contribution in [1.29, 1.82) is 0 Å². The van der Waals surface area contributed by atoms with E-state index in [9.17, 15) is 0 Å². The van der Waals surface area contributed by atoms with E-state index in [-0.39, 0.29) is 0 Å². The van der Waals surface area contributed by atoms with Gasteiger partial charge in [-0.25, -0.2) is 0 Å². The summed E-state index contributed by atoms with van der Waals surface area (Å²) < 4.78 is 5.53. The van der Waals surface area contributed by atoms with Crippen LogP contribution in [-0.4, -0.2) is 13.2 Å². The van der Waals surface area contributed by atoms with E-state index in [1.165, 1.54) is 86.5 Å². The van der Waals surface area contributed by atoms with Crippen LogP contribution in [0.1, 0.15) is 117 Å². The molecule has 4 rings (SSSR count). The van der Waals surface area contributed by atoms with Crippen LogP contribution in [0, 0.1) is 5.92 Å². The second-order valence-electron chi connectivity index (χ2n) is 12.1. The van der Waals surface area contributed by atoms with Gasteiger partial charge < -0.3 is 10.1 Å². The summed E-state index contributed by atoms with van der Waals surface area (Å²) in [6.07, 6.45) is 12.8. The third-order valence-electron chi connectivity index (χ3n) is 8.61. The van der Waals surface area contributed by atoms with Crippen molar-refractivity contribution < 1.29 is 4.74 Å². The lowest BCUT2D eigenvalue weighted by molar-refractivity contribution is 0.227. The molecule has 0 saturated heterocycles. The molecule has 0 aliphatic heterocycles. The number of ether oxygens (including phenoxy) is 1. The highest BCUT2D eigenvalue weighted by molar-refractivity contribution is 5.63. The molecule has 0 bridgehead atoms. The predicted molar refractivity (Wildman–Crippen MR) is 181 cm³/mol. The van der Waals surface area contributed by atoms with Gasteiger partial charge in [0.05, 0.1) is 7.11 Å². The molecule has 2 nitrogen and oxygen atoms in total. The third-order valence-corrected chi connectivity index (χ3v) is 8.61. The molecule has 3 aromatic rings. The SMILES string of the molecule is CCC(C)C.CCCC.CCCCC1(c2cccc(OC)c2)CCC(NCc2ccc(-c3ccccc3)cc2)CC1. The summed E-state index contributed by atoms with van der Waals surface area (Å²) in [5, 5.41) is 3.84. The minimum absolute atomic E-state index is 0.306. The molecule has 0 heterocycles. The second-order valence-corrected chi connectivity index (χ2v) is 12.1. The van der Waals surface area contributed by atoms with E-state index in [1.54, 1.807) is 7.11 Å². The van der Waals surface area contributed by atoms with Crippen molar-refractivity contribution in [2.45, 2.75) is 124 Å². The molecule has 0 aromatic heterocycles. The zero-order chi connectivity index (χ0) is 29.9. The highest BCUT2D eigenvalue weighted by Crippen LogP contribution is 2.44. The van der Waals surface area contributed by atoms with Gasteiger partial charge in [0.15, 0.2) is 0 Å². The van der Waals surface area contributed by atoms with Crippen LogP contribution in [0.2, 0.25) is 0 Å². The number of benzene rings is 3. The Labute approximate surface area is 253 Å². The fraction of sp³-hybridized carbons (Fsp3) is 0.538. The number of methoxy groups -OCH3 is 1. The summed E-state index contributed by atoms with van der Waals surface area (Å²) in [6.45, 7) is 14.3. The Balaban J connectivity index is 0.000000571. The number of unbranched alkanes of at least 4 members (excludes halogenated alkanes) is 2. The van der Waals surface area contributed by atoms with Crippen molar-refractivity contribution >= 4 is 0 Å². The van der Waals surface area contributed by atoms with Gasteiger partial charge in [0.25, 0.3) is 0 Å². The first-order chi connectivity index (χ1) is 19.9. The number of rotatable bonds is 11. The van der Waals surface area contributed by atoms with Gasteiger partial charge in [0.1, 0.15) is 5.75 Å². The molecule has 0 amide bonds. The van der Waals surface area contributed by atoms with E-state index in [0.717, 1.165) is 18.2 Å². The van der Waals surface area contributed by atoms with E-state index in [1.807, 2.05) is 0 Å². The lowest BCUT2D eigenvalue weighted by Gasteiger charge is -2.41. The Hall–Kier alpha value is -2.58. The molecule has 1 N–H and O–H groups in total. The zero-order valence-electron chi connectivity index (χ0n) is 27.3. The highest BCUT2D eigenvalue weighted by atomic mass is 16.5. The fourth-order valence-corrected chi connectivity index (χ4v) is 5.23. The summed E-state index contributed by atoms with van der Waals surface area (Å²) in [6, 6.07) is 29.0. The van der Waals surface area contributed by atoms with Gasteiger partial charge in [-0.2, -0.15) is 0 Å². The Morgan fingerprint density at radius 1 is 0.780 bits per heavy atom. The number of hydrogen-bond donors (Lipinski definition) is 1. The largest absolute Gasteiger partial charge is 0.497 e. The maximum absolute atomic E-state index is 5.53. The first-order valence-electron chi connectivity index (χ1n) is 16.4. The minimum atomic E-state index is 0.306. The lowest BCUT2D eigenvalue weighted by atomic mass is 9.65. The smallest absolute Gasteiger partial charge is 0.119 e. The molecular weight excluding hydrogens is 498 g/mol. The van der Waals surface area contributed by atoms with Crippen LogP contribution in [-0.2, 0) is 12.0 Å². The summed E-state index contributed by atoms with van der Waals surface area (Å²) in [5.74, 6) is 1.87. The van der Waals surface area contributed by atoms with Crippen LogP contribution < -0.4 is 10.1 Å². The fourth-order valence-electron chi connectivity index (χ4n) is 5.23. The molecule has 226 valence electrons. The van der Waals surface area contributed by atoms with Gasteiger partial charge in [-0.1, -0.05) is 140 Å². The topological polar surface area (TPSA) is 21.3 Å². The van der Waals surface area contributed by atoms with Crippen LogP contribution in [0.5, 0.6) is 5.75 Å². The molecular formula is C39H59NO. The molecule has 0 atom stereocenters. The summed E-state index contributed by atoms with van der Waals surface area (Å²) in [7, 11) is 1.77. The third kappa shape index (κ3) is 12.0. The van der Waals surface area contributed by atoms with Gasteiger partial charge in [0, 0.05) is 12.6 Å². The Bertz CT molecular complexity index is 1050. The van der Waals surface area contributed by atoms with Gasteiger partial charge >= 0.3 is 0 Å². The van der Waals surface area contributed by atoms with Crippen molar-refractivity contribution in [3.05, 3.63) is 90.0 Å². The number of nitrogens with one attached hydrogen (secondary N) is 1. The monoisotopic (exact) mass is 557 g/mol. The average molecular weight is 558 g/mol. The summed E-state index contributed by atoms with van der Waals surface area (Å²) in [4.78, 5) is 0. The van der Waals surface area contributed by atoms with Gasteiger partial charge in [-0.05, 0) is 77.8 Å². The van der Waals surface area contributed by atoms with E-state index in [4.69, 9.17) is 4.74 Å². The van der Waals surface area contributed by atoms with E-state index < -0.39 is 0 Å². The molecule has 3 aromatic carbocycles. The first kappa shape index (κ1) is 34.6. The van der Waals surface area contributed by atoms with Crippen molar-refractivity contribution in [2.75, 3.05) is 7.11 Å².